The number of anilines is 1. The van der Waals surface area contributed by atoms with Crippen molar-refractivity contribution in [2.45, 2.75) is 39.2 Å². The lowest BCUT2D eigenvalue weighted by Crippen LogP contribution is -2.39. The zero-order valence-corrected chi connectivity index (χ0v) is 13.6. The maximum atomic E-state index is 12.1. The van der Waals surface area contributed by atoms with Gasteiger partial charge < -0.3 is 5.32 Å². The predicted molar refractivity (Wildman–Crippen MR) is 89.7 cm³/mol. The Labute approximate surface area is 137 Å². The van der Waals surface area contributed by atoms with Crippen LogP contribution in [0.3, 0.4) is 0 Å². The van der Waals surface area contributed by atoms with Crippen molar-refractivity contribution >= 4 is 11.6 Å². The number of carbonyl (C=O) groups is 1. The summed E-state index contributed by atoms with van der Waals surface area (Å²) in [7, 11) is 0. The van der Waals surface area contributed by atoms with Crippen LogP contribution in [0.15, 0.2) is 48.8 Å². The van der Waals surface area contributed by atoms with Gasteiger partial charge in [-0.15, -0.1) is 0 Å². The van der Waals surface area contributed by atoms with Crippen molar-refractivity contribution in [1.82, 2.24) is 0 Å². The number of hydrogen-bond acceptors (Lipinski definition) is 2. The third kappa shape index (κ3) is 4.65. The Kier molecular flexibility index (Phi) is 5.87. The monoisotopic (exact) mass is 308 g/mol. The summed E-state index contributed by atoms with van der Waals surface area (Å²) >= 11 is 0. The van der Waals surface area contributed by atoms with E-state index < -0.39 is 0 Å². The number of carbonyl (C=O) groups excluding carboxylic acids is 1. The zero-order chi connectivity index (χ0) is 16.7. The molecule has 2 rings (SSSR count). The summed E-state index contributed by atoms with van der Waals surface area (Å²) in [6.45, 7) is 4.63. The van der Waals surface area contributed by atoms with Crippen molar-refractivity contribution in [3.05, 3.63) is 59.9 Å². The smallest absolute Gasteiger partial charge is 0.290 e. The summed E-state index contributed by atoms with van der Waals surface area (Å²) in [4.78, 5) is 12.1. The van der Waals surface area contributed by atoms with Crippen LogP contribution in [-0.4, -0.2) is 5.91 Å². The van der Waals surface area contributed by atoms with Gasteiger partial charge in [-0.3, -0.25) is 4.79 Å². The summed E-state index contributed by atoms with van der Waals surface area (Å²) in [6, 6.07) is 13.1. The third-order valence-corrected chi connectivity index (χ3v) is 3.98. The first kappa shape index (κ1) is 16.7. The van der Waals surface area contributed by atoms with E-state index in [1.165, 1.54) is 5.56 Å². The largest absolute Gasteiger partial charge is 0.321 e. The van der Waals surface area contributed by atoms with Crippen molar-refractivity contribution in [2.75, 3.05) is 5.32 Å². The Hall–Kier alpha value is -2.67. The molecule has 0 unspecified atom stereocenters. The maximum absolute atomic E-state index is 12.1. The second-order valence-corrected chi connectivity index (χ2v) is 5.56. The number of aromatic nitrogens is 1. The second kappa shape index (κ2) is 8.09. The van der Waals surface area contributed by atoms with Crippen LogP contribution in [0.4, 0.5) is 5.69 Å². The fourth-order valence-corrected chi connectivity index (χ4v) is 2.64. The number of benzene rings is 1. The average molecular weight is 308 g/mol. The van der Waals surface area contributed by atoms with Crippen molar-refractivity contribution in [3.8, 4) is 6.07 Å². The first-order valence-corrected chi connectivity index (χ1v) is 7.95. The van der Waals surface area contributed by atoms with Crippen LogP contribution >= 0.6 is 0 Å². The highest BCUT2D eigenvalue weighted by Gasteiger charge is 2.12. The van der Waals surface area contributed by atoms with Crippen molar-refractivity contribution < 1.29 is 9.36 Å². The molecule has 0 fully saturated rings. The Morgan fingerprint density at radius 3 is 2.52 bits per heavy atom. The molecule has 1 aromatic carbocycles. The molecule has 118 valence electrons. The number of nitrogens with one attached hydrogen (secondary N) is 1. The summed E-state index contributed by atoms with van der Waals surface area (Å²) in [6.07, 6.45) is 6.13. The van der Waals surface area contributed by atoms with Gasteiger partial charge in [0.15, 0.2) is 12.4 Å². The average Bonchev–Trinajstić information content (AvgIpc) is 2.57. The van der Waals surface area contributed by atoms with Gasteiger partial charge in [-0.1, -0.05) is 19.9 Å². The molecule has 1 aromatic heterocycles. The molecular formula is C19H22N3O+. The molecule has 0 aliphatic heterocycles. The highest BCUT2D eigenvalue weighted by molar-refractivity contribution is 5.89. The topological polar surface area (TPSA) is 56.8 Å². The fraction of sp³-hybridized carbons (Fsp3) is 0.316. The Morgan fingerprint density at radius 2 is 1.91 bits per heavy atom. The van der Waals surface area contributed by atoms with Crippen LogP contribution < -0.4 is 9.88 Å². The first-order chi connectivity index (χ1) is 11.2. The van der Waals surface area contributed by atoms with Gasteiger partial charge in [0.1, 0.15) is 0 Å². The molecule has 0 saturated carbocycles. The molecule has 4 nitrogen and oxygen atoms in total. The molecule has 0 saturated heterocycles. The molecule has 2 aromatic rings. The molecule has 0 aliphatic carbocycles. The van der Waals surface area contributed by atoms with E-state index in [9.17, 15) is 4.79 Å². The van der Waals surface area contributed by atoms with Crippen LogP contribution in [0, 0.1) is 11.3 Å². The van der Waals surface area contributed by atoms with Crippen molar-refractivity contribution in [3.63, 3.8) is 0 Å². The van der Waals surface area contributed by atoms with Gasteiger partial charge in [0.2, 0.25) is 6.54 Å². The lowest BCUT2D eigenvalue weighted by atomic mass is 9.95. The number of nitrogens with zero attached hydrogens (tertiary/aromatic N) is 2. The molecule has 1 amide bonds. The molecule has 0 aliphatic rings. The van der Waals surface area contributed by atoms with E-state index in [-0.39, 0.29) is 12.5 Å². The normalized spacial score (nSPS) is 10.3. The van der Waals surface area contributed by atoms with Crippen LogP contribution in [0.1, 0.15) is 43.7 Å². The molecule has 0 spiro atoms. The van der Waals surface area contributed by atoms with Crippen molar-refractivity contribution in [1.29, 1.82) is 5.26 Å². The first-order valence-electron chi connectivity index (χ1n) is 7.95. The summed E-state index contributed by atoms with van der Waals surface area (Å²) in [5.74, 6) is 0.465. The van der Waals surface area contributed by atoms with Gasteiger partial charge in [0, 0.05) is 17.8 Å². The Balaban J connectivity index is 1.98. The molecule has 0 radical (unpaired) electrons. The number of pyridine rings is 1. The van der Waals surface area contributed by atoms with E-state index in [0.717, 1.165) is 12.8 Å². The number of rotatable bonds is 6. The van der Waals surface area contributed by atoms with E-state index in [0.29, 0.717) is 17.2 Å². The minimum absolute atomic E-state index is 0.111. The fourth-order valence-electron chi connectivity index (χ4n) is 2.64. The van der Waals surface area contributed by atoms with Crippen LogP contribution in [0.2, 0.25) is 0 Å². The van der Waals surface area contributed by atoms with Gasteiger partial charge >= 0.3 is 0 Å². The molecule has 1 heterocycles. The molecule has 0 bridgehead atoms. The predicted octanol–water partition coefficient (Wildman–Crippen LogP) is 3.39. The molecule has 1 N–H and O–H groups in total. The van der Waals surface area contributed by atoms with Crippen molar-refractivity contribution in [2.24, 2.45) is 0 Å². The quantitative estimate of drug-likeness (QED) is 0.832. The van der Waals surface area contributed by atoms with Crippen LogP contribution in [-0.2, 0) is 11.3 Å². The van der Waals surface area contributed by atoms with E-state index in [2.05, 4.69) is 37.4 Å². The van der Waals surface area contributed by atoms with Crippen LogP contribution in [0.5, 0.6) is 0 Å². The van der Waals surface area contributed by atoms with Crippen LogP contribution in [0.25, 0.3) is 0 Å². The lowest BCUT2D eigenvalue weighted by molar-refractivity contribution is -0.684. The van der Waals surface area contributed by atoms with Gasteiger partial charge in [0.25, 0.3) is 5.91 Å². The summed E-state index contributed by atoms with van der Waals surface area (Å²) < 4.78 is 1.86. The standard InChI is InChI=1S/C19H21N3O/c1-3-16(4-2)17-8-10-22(11-9-17)14-19(23)21-18-7-5-6-15(12-18)13-20/h5-12,16H,3-4,14H2,1-2H3/p+1. The summed E-state index contributed by atoms with van der Waals surface area (Å²) in [5.41, 5.74) is 2.49. The zero-order valence-electron chi connectivity index (χ0n) is 13.6. The number of nitriles is 1. The van der Waals surface area contributed by atoms with Gasteiger partial charge in [-0.2, -0.15) is 9.83 Å². The number of hydrogen-bond donors (Lipinski definition) is 1. The molecule has 4 heteroatoms. The molecule has 23 heavy (non-hydrogen) atoms. The maximum Gasteiger partial charge on any atom is 0.290 e. The van der Waals surface area contributed by atoms with E-state index >= 15 is 0 Å². The van der Waals surface area contributed by atoms with E-state index in [4.69, 9.17) is 5.26 Å². The van der Waals surface area contributed by atoms with Gasteiger partial charge in [0.05, 0.1) is 11.6 Å². The number of amides is 1. The highest BCUT2D eigenvalue weighted by atomic mass is 16.1. The third-order valence-electron chi connectivity index (χ3n) is 3.98. The minimum Gasteiger partial charge on any atom is -0.321 e. The SMILES string of the molecule is CCC(CC)c1cc[n+](CC(=O)Nc2cccc(C#N)c2)cc1. The molecular weight excluding hydrogens is 286 g/mol. The second-order valence-electron chi connectivity index (χ2n) is 5.56. The van der Waals surface area contributed by atoms with E-state index in [1.54, 1.807) is 24.3 Å². The lowest BCUT2D eigenvalue weighted by Gasteiger charge is -2.11. The van der Waals surface area contributed by atoms with Gasteiger partial charge in [-0.05, 0) is 42.5 Å². The van der Waals surface area contributed by atoms with E-state index in [1.807, 2.05) is 17.0 Å². The Bertz CT molecular complexity index is 697. The summed E-state index contributed by atoms with van der Waals surface area (Å²) in [5, 5.41) is 11.7. The Morgan fingerprint density at radius 1 is 1.22 bits per heavy atom. The molecule has 0 atom stereocenters. The highest BCUT2D eigenvalue weighted by Crippen LogP contribution is 2.21. The minimum atomic E-state index is -0.111. The van der Waals surface area contributed by atoms with Gasteiger partial charge in [-0.25, -0.2) is 0 Å².